The van der Waals surface area contributed by atoms with Crippen molar-refractivity contribution in [2.45, 2.75) is 44.9 Å². The summed E-state index contributed by atoms with van der Waals surface area (Å²) in [6.07, 6.45) is 7.15. The van der Waals surface area contributed by atoms with Crippen molar-refractivity contribution in [3.8, 4) is 0 Å². The Morgan fingerprint density at radius 2 is 1.82 bits per heavy atom. The average molecular weight is 239 g/mol. The Labute approximate surface area is 102 Å². The predicted octanol–water partition coefficient (Wildman–Crippen LogP) is 1.79. The van der Waals surface area contributed by atoms with Crippen molar-refractivity contribution >= 4 is 11.9 Å². The van der Waals surface area contributed by atoms with Crippen LogP contribution in [0.5, 0.6) is 0 Å². The van der Waals surface area contributed by atoms with Gasteiger partial charge >= 0.3 is 5.97 Å². The van der Waals surface area contributed by atoms with Gasteiger partial charge in [0.05, 0.1) is 11.8 Å². The summed E-state index contributed by atoms with van der Waals surface area (Å²) >= 11 is 0. The Bertz CT molecular complexity index is 299. The largest absolute Gasteiger partial charge is 0.481 e. The Kier molecular flexibility index (Phi) is 4.02. The van der Waals surface area contributed by atoms with Crippen molar-refractivity contribution in [1.82, 2.24) is 5.32 Å². The molecule has 1 amide bonds. The molecule has 0 spiro atoms. The number of carboxylic acid groups (broad SMARTS) is 1. The highest BCUT2D eigenvalue weighted by Crippen LogP contribution is 2.33. The maximum absolute atomic E-state index is 11.8. The molecule has 0 radical (unpaired) electrons. The zero-order valence-corrected chi connectivity index (χ0v) is 10.2. The fourth-order valence-electron chi connectivity index (χ4n) is 2.71. The first-order valence-electron chi connectivity index (χ1n) is 6.69. The summed E-state index contributed by atoms with van der Waals surface area (Å²) in [5, 5.41) is 11.9. The van der Waals surface area contributed by atoms with Crippen molar-refractivity contribution in [3.63, 3.8) is 0 Å². The van der Waals surface area contributed by atoms with Gasteiger partial charge in [-0.1, -0.05) is 19.3 Å². The summed E-state index contributed by atoms with van der Waals surface area (Å²) in [6.45, 7) is 0.707. The number of hydrogen-bond donors (Lipinski definition) is 2. The van der Waals surface area contributed by atoms with Gasteiger partial charge in [-0.3, -0.25) is 9.59 Å². The van der Waals surface area contributed by atoms with Crippen LogP contribution in [0.3, 0.4) is 0 Å². The van der Waals surface area contributed by atoms with Crippen molar-refractivity contribution in [2.75, 3.05) is 6.54 Å². The molecule has 0 aromatic heterocycles. The van der Waals surface area contributed by atoms with Crippen LogP contribution in [0.4, 0.5) is 0 Å². The molecule has 4 heteroatoms. The van der Waals surface area contributed by atoms with E-state index in [0.717, 1.165) is 25.2 Å². The molecular formula is C13H21NO3. The van der Waals surface area contributed by atoms with Gasteiger partial charge in [0.1, 0.15) is 0 Å². The van der Waals surface area contributed by atoms with Gasteiger partial charge in [-0.05, 0) is 31.6 Å². The van der Waals surface area contributed by atoms with E-state index in [1.807, 2.05) is 0 Å². The minimum atomic E-state index is -0.819. The van der Waals surface area contributed by atoms with Gasteiger partial charge in [-0.25, -0.2) is 0 Å². The Hall–Kier alpha value is -1.06. The minimum absolute atomic E-state index is 0.0503. The highest BCUT2D eigenvalue weighted by atomic mass is 16.4. The zero-order chi connectivity index (χ0) is 12.3. The van der Waals surface area contributed by atoms with E-state index in [-0.39, 0.29) is 11.8 Å². The molecule has 2 aliphatic carbocycles. The Morgan fingerprint density at radius 3 is 2.47 bits per heavy atom. The maximum atomic E-state index is 11.8. The lowest BCUT2D eigenvalue weighted by Crippen LogP contribution is -2.35. The minimum Gasteiger partial charge on any atom is -0.481 e. The second-order valence-electron chi connectivity index (χ2n) is 5.36. The highest BCUT2D eigenvalue weighted by molar-refractivity contribution is 5.85. The number of hydrogen-bond acceptors (Lipinski definition) is 2. The summed E-state index contributed by atoms with van der Waals surface area (Å²) < 4.78 is 0. The average Bonchev–Trinajstić information content (AvgIpc) is 2.97. The van der Waals surface area contributed by atoms with Crippen LogP contribution in [-0.2, 0) is 9.59 Å². The van der Waals surface area contributed by atoms with E-state index in [0.29, 0.717) is 13.0 Å². The summed E-state index contributed by atoms with van der Waals surface area (Å²) in [7, 11) is 0. The van der Waals surface area contributed by atoms with E-state index in [2.05, 4.69) is 5.32 Å². The molecule has 2 atom stereocenters. The van der Waals surface area contributed by atoms with Crippen LogP contribution in [0.1, 0.15) is 44.9 Å². The molecule has 2 N–H and O–H groups in total. The van der Waals surface area contributed by atoms with E-state index in [1.165, 1.54) is 19.3 Å². The smallest absolute Gasteiger partial charge is 0.307 e. The number of carboxylic acids is 1. The lowest BCUT2D eigenvalue weighted by Gasteiger charge is -2.15. The van der Waals surface area contributed by atoms with Crippen molar-refractivity contribution in [2.24, 2.45) is 17.8 Å². The SMILES string of the molecule is O=C(O)[C@H]1CCC[C@H]1C(=O)NCCCC1CC1. The standard InChI is InChI=1S/C13H21NO3/c15-12(14-8-2-3-9-6-7-9)10-4-1-5-11(10)13(16)17/h9-11H,1-8H2,(H,14,15)(H,16,17)/t10-,11+/m1/s1. The van der Waals surface area contributed by atoms with Crippen LogP contribution in [0.2, 0.25) is 0 Å². The van der Waals surface area contributed by atoms with Gasteiger partial charge in [0.2, 0.25) is 5.91 Å². The number of carbonyl (C=O) groups is 2. The fraction of sp³-hybridized carbons (Fsp3) is 0.846. The second-order valence-corrected chi connectivity index (χ2v) is 5.36. The molecule has 4 nitrogen and oxygen atoms in total. The van der Waals surface area contributed by atoms with E-state index in [1.54, 1.807) is 0 Å². The van der Waals surface area contributed by atoms with E-state index < -0.39 is 11.9 Å². The quantitative estimate of drug-likeness (QED) is 0.694. The predicted molar refractivity (Wildman–Crippen MR) is 63.4 cm³/mol. The molecule has 2 rings (SSSR count). The third-order valence-electron chi connectivity index (χ3n) is 3.96. The third-order valence-corrected chi connectivity index (χ3v) is 3.96. The van der Waals surface area contributed by atoms with Crippen molar-refractivity contribution in [3.05, 3.63) is 0 Å². The number of carbonyl (C=O) groups excluding carboxylic acids is 1. The molecule has 0 bridgehead atoms. The van der Waals surface area contributed by atoms with Gasteiger partial charge in [0, 0.05) is 6.54 Å². The number of aliphatic carboxylic acids is 1. The van der Waals surface area contributed by atoms with Gasteiger partial charge in [-0.15, -0.1) is 0 Å². The monoisotopic (exact) mass is 239 g/mol. The zero-order valence-electron chi connectivity index (χ0n) is 10.2. The van der Waals surface area contributed by atoms with Crippen molar-refractivity contribution < 1.29 is 14.7 Å². The van der Waals surface area contributed by atoms with Gasteiger partial charge in [0.25, 0.3) is 0 Å². The van der Waals surface area contributed by atoms with Gasteiger partial charge in [0.15, 0.2) is 0 Å². The van der Waals surface area contributed by atoms with E-state index in [4.69, 9.17) is 5.11 Å². The molecular weight excluding hydrogens is 218 g/mol. The van der Waals surface area contributed by atoms with E-state index >= 15 is 0 Å². The summed E-state index contributed by atoms with van der Waals surface area (Å²) in [4.78, 5) is 22.8. The number of rotatable bonds is 6. The fourth-order valence-corrected chi connectivity index (χ4v) is 2.71. The topological polar surface area (TPSA) is 66.4 Å². The van der Waals surface area contributed by atoms with Gasteiger partial charge in [-0.2, -0.15) is 0 Å². The third kappa shape index (κ3) is 3.45. The first kappa shape index (κ1) is 12.4. The molecule has 2 saturated carbocycles. The molecule has 0 aromatic rings. The molecule has 0 saturated heterocycles. The summed E-state index contributed by atoms with van der Waals surface area (Å²) in [5.74, 6) is -0.733. The highest BCUT2D eigenvalue weighted by Gasteiger charge is 2.37. The van der Waals surface area contributed by atoms with Crippen LogP contribution in [-0.4, -0.2) is 23.5 Å². The second kappa shape index (κ2) is 5.52. The molecule has 0 aliphatic heterocycles. The maximum Gasteiger partial charge on any atom is 0.307 e. The lowest BCUT2D eigenvalue weighted by molar-refractivity contribution is -0.146. The molecule has 2 aliphatic rings. The molecule has 0 unspecified atom stereocenters. The molecule has 0 aromatic carbocycles. The first-order chi connectivity index (χ1) is 8.18. The summed E-state index contributed by atoms with van der Waals surface area (Å²) in [5.41, 5.74) is 0. The van der Waals surface area contributed by atoms with Crippen LogP contribution in [0.15, 0.2) is 0 Å². The van der Waals surface area contributed by atoms with Crippen molar-refractivity contribution in [1.29, 1.82) is 0 Å². The summed E-state index contributed by atoms with van der Waals surface area (Å²) in [6, 6.07) is 0. The van der Waals surface area contributed by atoms with Crippen LogP contribution in [0.25, 0.3) is 0 Å². The molecule has 17 heavy (non-hydrogen) atoms. The van der Waals surface area contributed by atoms with Gasteiger partial charge < -0.3 is 10.4 Å². The molecule has 2 fully saturated rings. The van der Waals surface area contributed by atoms with Crippen LogP contribution < -0.4 is 5.32 Å². The Morgan fingerprint density at radius 1 is 1.12 bits per heavy atom. The number of amides is 1. The van der Waals surface area contributed by atoms with E-state index in [9.17, 15) is 9.59 Å². The molecule has 96 valence electrons. The number of nitrogens with one attached hydrogen (secondary N) is 1. The normalized spacial score (nSPS) is 28.0. The lowest BCUT2D eigenvalue weighted by atomic mass is 9.95. The molecule has 0 heterocycles. The Balaban J connectivity index is 1.68. The van der Waals surface area contributed by atoms with Crippen LogP contribution >= 0.6 is 0 Å². The first-order valence-corrected chi connectivity index (χ1v) is 6.69. The van der Waals surface area contributed by atoms with Crippen LogP contribution in [0, 0.1) is 17.8 Å².